The number of rotatable bonds is 8. The van der Waals surface area contributed by atoms with E-state index in [0.717, 1.165) is 11.8 Å². The molecular formula is C18H19FN2O5S. The summed E-state index contributed by atoms with van der Waals surface area (Å²) < 4.78 is 22.8. The van der Waals surface area contributed by atoms with Gasteiger partial charge in [-0.15, -0.1) is 11.8 Å². The van der Waals surface area contributed by atoms with E-state index in [-0.39, 0.29) is 35.7 Å². The van der Waals surface area contributed by atoms with Crippen molar-refractivity contribution < 1.29 is 27.9 Å². The first-order valence-corrected chi connectivity index (χ1v) is 9.12. The van der Waals surface area contributed by atoms with E-state index < -0.39 is 5.97 Å². The van der Waals surface area contributed by atoms with Gasteiger partial charge in [0.15, 0.2) is 0 Å². The summed E-state index contributed by atoms with van der Waals surface area (Å²) in [6, 6.07) is 6.93. The predicted octanol–water partition coefficient (Wildman–Crippen LogP) is 2.50. The van der Waals surface area contributed by atoms with Gasteiger partial charge in [0.1, 0.15) is 22.9 Å². The van der Waals surface area contributed by atoms with E-state index in [9.17, 15) is 18.8 Å². The van der Waals surface area contributed by atoms with Crippen LogP contribution in [-0.2, 0) is 20.9 Å². The molecule has 2 N–H and O–H groups in total. The molecule has 144 valence electrons. The van der Waals surface area contributed by atoms with Gasteiger partial charge in [0, 0.05) is 5.69 Å². The standard InChI is InChI=1S/C18H19FN2O5S/c1-11-15(18(24)25-2)7-14(26-11)8-20-16(22)9-27-10-17(23)21-13-5-3-12(19)4-6-13/h3-7H,8-10H2,1-2H3,(H,20,22)(H,21,23). The molecule has 7 nitrogen and oxygen atoms in total. The number of ether oxygens (including phenoxy) is 1. The van der Waals surface area contributed by atoms with E-state index in [1.807, 2.05) is 0 Å². The van der Waals surface area contributed by atoms with Gasteiger partial charge >= 0.3 is 5.97 Å². The van der Waals surface area contributed by atoms with Crippen LogP contribution in [0.2, 0.25) is 0 Å². The highest BCUT2D eigenvalue weighted by molar-refractivity contribution is 8.00. The molecule has 0 saturated heterocycles. The maximum atomic E-state index is 12.8. The second kappa shape index (κ2) is 9.77. The average Bonchev–Trinajstić information content (AvgIpc) is 3.02. The van der Waals surface area contributed by atoms with Crippen molar-refractivity contribution in [2.24, 2.45) is 0 Å². The minimum Gasteiger partial charge on any atom is -0.465 e. The molecule has 0 aliphatic heterocycles. The number of thioether (sulfide) groups is 1. The Labute approximate surface area is 159 Å². The van der Waals surface area contributed by atoms with Crippen molar-refractivity contribution in [2.75, 3.05) is 23.9 Å². The van der Waals surface area contributed by atoms with Crippen LogP contribution in [0, 0.1) is 12.7 Å². The highest BCUT2D eigenvalue weighted by Gasteiger charge is 2.15. The maximum absolute atomic E-state index is 12.8. The summed E-state index contributed by atoms with van der Waals surface area (Å²) in [5.41, 5.74) is 0.801. The zero-order valence-electron chi connectivity index (χ0n) is 14.8. The maximum Gasteiger partial charge on any atom is 0.341 e. The van der Waals surface area contributed by atoms with E-state index in [0.29, 0.717) is 22.8 Å². The first kappa shape index (κ1) is 20.5. The van der Waals surface area contributed by atoms with Gasteiger partial charge in [0.25, 0.3) is 0 Å². The molecule has 0 atom stereocenters. The van der Waals surface area contributed by atoms with Crippen molar-refractivity contribution >= 4 is 35.2 Å². The van der Waals surface area contributed by atoms with Crippen LogP contribution in [0.4, 0.5) is 10.1 Å². The third kappa shape index (κ3) is 6.45. The quantitative estimate of drug-likeness (QED) is 0.668. The molecule has 2 aromatic rings. The predicted molar refractivity (Wildman–Crippen MR) is 99.0 cm³/mol. The molecule has 0 saturated carbocycles. The molecule has 0 aliphatic rings. The number of hydrogen-bond donors (Lipinski definition) is 2. The number of methoxy groups -OCH3 is 1. The molecular weight excluding hydrogens is 375 g/mol. The Morgan fingerprint density at radius 1 is 1.15 bits per heavy atom. The van der Waals surface area contributed by atoms with Crippen LogP contribution < -0.4 is 10.6 Å². The van der Waals surface area contributed by atoms with Crippen LogP contribution in [0.1, 0.15) is 21.9 Å². The molecule has 0 bridgehead atoms. The topological polar surface area (TPSA) is 97.6 Å². The first-order valence-electron chi connectivity index (χ1n) is 7.96. The van der Waals surface area contributed by atoms with E-state index in [4.69, 9.17) is 4.42 Å². The minimum atomic E-state index is -0.503. The van der Waals surface area contributed by atoms with Crippen molar-refractivity contribution in [3.05, 3.63) is 53.2 Å². The normalized spacial score (nSPS) is 10.3. The SMILES string of the molecule is COC(=O)c1cc(CNC(=O)CSCC(=O)Nc2ccc(F)cc2)oc1C. The van der Waals surface area contributed by atoms with Crippen LogP contribution in [-0.4, -0.2) is 36.4 Å². The number of aryl methyl sites for hydroxylation is 1. The van der Waals surface area contributed by atoms with Gasteiger partial charge in [-0.25, -0.2) is 9.18 Å². The molecule has 1 aromatic carbocycles. The highest BCUT2D eigenvalue weighted by atomic mass is 32.2. The van der Waals surface area contributed by atoms with E-state index in [1.165, 1.54) is 37.4 Å². The molecule has 2 rings (SSSR count). The fourth-order valence-electron chi connectivity index (χ4n) is 2.15. The third-order valence-electron chi connectivity index (χ3n) is 3.43. The number of halogens is 1. The summed E-state index contributed by atoms with van der Waals surface area (Å²) >= 11 is 1.14. The molecule has 1 heterocycles. The second-order valence-electron chi connectivity index (χ2n) is 5.50. The van der Waals surface area contributed by atoms with Gasteiger partial charge in [0.2, 0.25) is 11.8 Å². The lowest BCUT2D eigenvalue weighted by Crippen LogP contribution is -2.25. The van der Waals surface area contributed by atoms with Crippen molar-refractivity contribution in [3.8, 4) is 0 Å². The Kier molecular flexibility index (Phi) is 7.42. The average molecular weight is 394 g/mol. The Hall–Kier alpha value is -2.81. The van der Waals surface area contributed by atoms with Crippen molar-refractivity contribution in [1.82, 2.24) is 5.32 Å². The molecule has 9 heteroatoms. The summed E-state index contributed by atoms with van der Waals surface area (Å²) in [5, 5.41) is 5.26. The van der Waals surface area contributed by atoms with E-state index >= 15 is 0 Å². The molecule has 0 radical (unpaired) electrons. The second-order valence-corrected chi connectivity index (χ2v) is 6.48. The van der Waals surface area contributed by atoms with Crippen LogP contribution in [0.15, 0.2) is 34.7 Å². The van der Waals surface area contributed by atoms with E-state index in [2.05, 4.69) is 15.4 Å². The van der Waals surface area contributed by atoms with Gasteiger partial charge < -0.3 is 19.8 Å². The Balaban J connectivity index is 1.69. The fraction of sp³-hybridized carbons (Fsp3) is 0.278. The Morgan fingerprint density at radius 2 is 1.81 bits per heavy atom. The lowest BCUT2D eigenvalue weighted by Gasteiger charge is -2.05. The van der Waals surface area contributed by atoms with Crippen LogP contribution in [0.25, 0.3) is 0 Å². The largest absolute Gasteiger partial charge is 0.465 e. The molecule has 0 aliphatic carbocycles. The van der Waals surface area contributed by atoms with E-state index in [1.54, 1.807) is 6.92 Å². The monoisotopic (exact) mass is 394 g/mol. The van der Waals surface area contributed by atoms with Gasteiger partial charge in [-0.05, 0) is 37.3 Å². The lowest BCUT2D eigenvalue weighted by molar-refractivity contribution is -0.118. The number of nitrogens with one attached hydrogen (secondary N) is 2. The molecule has 0 fully saturated rings. The summed E-state index contributed by atoms with van der Waals surface area (Å²) in [5.74, 6) is -0.441. The van der Waals surface area contributed by atoms with Crippen LogP contribution in [0.5, 0.6) is 0 Å². The summed E-state index contributed by atoms with van der Waals surface area (Å²) in [4.78, 5) is 35.1. The fourth-order valence-corrected chi connectivity index (χ4v) is 2.79. The number of furan rings is 1. The summed E-state index contributed by atoms with van der Waals surface area (Å²) in [7, 11) is 1.28. The number of amides is 2. The molecule has 27 heavy (non-hydrogen) atoms. The number of carbonyl (C=O) groups is 3. The first-order chi connectivity index (χ1) is 12.9. The number of esters is 1. The molecule has 2 amide bonds. The van der Waals surface area contributed by atoms with Crippen molar-refractivity contribution in [3.63, 3.8) is 0 Å². The number of hydrogen-bond acceptors (Lipinski definition) is 6. The number of benzene rings is 1. The molecule has 1 aromatic heterocycles. The summed E-state index contributed by atoms with van der Waals surface area (Å²) in [6.07, 6.45) is 0. The van der Waals surface area contributed by atoms with Crippen LogP contribution >= 0.6 is 11.8 Å². The number of carbonyl (C=O) groups excluding carboxylic acids is 3. The Bertz CT molecular complexity index is 820. The zero-order chi connectivity index (χ0) is 19.8. The molecule has 0 spiro atoms. The summed E-state index contributed by atoms with van der Waals surface area (Å²) in [6.45, 7) is 1.76. The van der Waals surface area contributed by atoms with Crippen molar-refractivity contribution in [1.29, 1.82) is 0 Å². The van der Waals surface area contributed by atoms with Gasteiger partial charge in [-0.1, -0.05) is 0 Å². The third-order valence-corrected chi connectivity index (χ3v) is 4.36. The van der Waals surface area contributed by atoms with Crippen LogP contribution in [0.3, 0.4) is 0 Å². The molecule has 0 unspecified atom stereocenters. The smallest absolute Gasteiger partial charge is 0.341 e. The van der Waals surface area contributed by atoms with Gasteiger partial charge in [0.05, 0.1) is 25.2 Å². The van der Waals surface area contributed by atoms with Gasteiger partial charge in [-0.3, -0.25) is 9.59 Å². The minimum absolute atomic E-state index is 0.0805. The number of anilines is 1. The lowest BCUT2D eigenvalue weighted by atomic mass is 10.2. The zero-order valence-corrected chi connectivity index (χ0v) is 15.7. The van der Waals surface area contributed by atoms with Crippen molar-refractivity contribution in [2.45, 2.75) is 13.5 Å². The Morgan fingerprint density at radius 3 is 2.48 bits per heavy atom. The van der Waals surface area contributed by atoms with Gasteiger partial charge in [-0.2, -0.15) is 0 Å². The highest BCUT2D eigenvalue weighted by Crippen LogP contribution is 2.15.